The van der Waals surface area contributed by atoms with E-state index in [1.54, 1.807) is 20.8 Å². The van der Waals surface area contributed by atoms with E-state index in [0.29, 0.717) is 17.2 Å². The molecule has 4 nitrogen and oxygen atoms in total. The van der Waals surface area contributed by atoms with E-state index >= 15 is 0 Å². The predicted molar refractivity (Wildman–Crippen MR) is 33.2 cm³/mol. The van der Waals surface area contributed by atoms with Crippen molar-refractivity contribution in [3.63, 3.8) is 0 Å². The highest BCUT2D eigenvalue weighted by molar-refractivity contribution is 5.03. The molecule has 0 saturated carbocycles. The average molecular weight is 143 g/mol. The lowest BCUT2D eigenvalue weighted by molar-refractivity contribution is -0.913. The van der Waals surface area contributed by atoms with Crippen LogP contribution in [0.2, 0.25) is 0 Å². The molecule has 2 N–H and O–H groups in total. The van der Waals surface area contributed by atoms with Gasteiger partial charge < -0.3 is 10.4 Å². The maximum Gasteiger partial charge on any atom is 0.332 e. The van der Waals surface area contributed by atoms with Crippen molar-refractivity contribution in [2.24, 2.45) is 0 Å². The van der Waals surface area contributed by atoms with E-state index in [1.165, 1.54) is 0 Å². The second-order valence-corrected chi connectivity index (χ2v) is 2.34. The Balaban J connectivity index is 3.44. The molecule has 0 fully saturated rings. The Morgan fingerprint density at radius 3 is 1.90 bits per heavy atom. The minimum Gasteiger partial charge on any atom is -0.350 e. The van der Waals surface area contributed by atoms with Gasteiger partial charge in [-0.25, -0.2) is 0 Å². The molecule has 4 heteroatoms. The van der Waals surface area contributed by atoms with E-state index in [9.17, 15) is 0 Å². The molecule has 0 amide bonds. The summed E-state index contributed by atoms with van der Waals surface area (Å²) in [5.41, 5.74) is 1.31. The van der Waals surface area contributed by atoms with Gasteiger partial charge >= 0.3 is 5.82 Å². The zero-order chi connectivity index (χ0) is 7.89. The van der Waals surface area contributed by atoms with Gasteiger partial charge in [0.1, 0.15) is 0 Å². The van der Waals surface area contributed by atoms with Crippen LogP contribution in [-0.4, -0.2) is 15.1 Å². The van der Waals surface area contributed by atoms with Crippen LogP contribution in [0, 0.1) is 20.8 Å². The Hall–Kier alpha value is -1.19. The van der Waals surface area contributed by atoms with Crippen LogP contribution in [0.5, 0.6) is 0 Å². The topological polar surface area (TPSA) is 49.3 Å². The zero-order valence-corrected chi connectivity index (χ0v) is 6.29. The normalized spacial score (nSPS) is 10.3. The molecule has 56 valence electrons. The van der Waals surface area contributed by atoms with Crippen molar-refractivity contribution in [3.8, 4) is 0 Å². The van der Waals surface area contributed by atoms with Crippen LogP contribution in [0.4, 0.5) is 0 Å². The third kappa shape index (κ3) is 0.650. The summed E-state index contributed by atoms with van der Waals surface area (Å²) in [5, 5.41) is 18.3. The highest BCUT2D eigenvalue weighted by Gasteiger charge is 2.21. The van der Waals surface area contributed by atoms with Gasteiger partial charge in [0.25, 0.3) is 0 Å². The summed E-state index contributed by atoms with van der Waals surface area (Å²) >= 11 is 0. The molecular weight excluding hydrogens is 132 g/mol. The Morgan fingerprint density at radius 2 is 1.80 bits per heavy atom. The lowest BCUT2D eigenvalue weighted by Crippen LogP contribution is -2.34. The molecule has 0 atom stereocenters. The predicted octanol–water partition coefficient (Wildman–Crippen LogP) is 0.175. The van der Waals surface area contributed by atoms with Gasteiger partial charge in [0.05, 0.1) is 0 Å². The van der Waals surface area contributed by atoms with Gasteiger partial charge in [-0.2, -0.15) is 0 Å². The van der Waals surface area contributed by atoms with E-state index in [-0.39, 0.29) is 0 Å². The van der Waals surface area contributed by atoms with Crippen molar-refractivity contribution in [1.29, 1.82) is 0 Å². The molecule has 0 spiro atoms. The molecule has 0 unspecified atom stereocenters. The molecule has 1 aromatic rings. The number of aromatic nitrogens is 2. The maximum absolute atomic E-state index is 9.14. The van der Waals surface area contributed by atoms with Gasteiger partial charge in [0.2, 0.25) is 0 Å². The summed E-state index contributed by atoms with van der Waals surface area (Å²) in [4.78, 5) is 0. The smallest absolute Gasteiger partial charge is 0.332 e. The molecule has 0 aromatic carbocycles. The summed E-state index contributed by atoms with van der Waals surface area (Å²) in [6, 6.07) is 0. The highest BCUT2D eigenvalue weighted by atomic mass is 16.5. The number of imidazole rings is 1. The number of rotatable bonds is 0. The standard InChI is InChI=1S/C6H11N2O2/c1-4-5(2)8(10)6(3)7(4)9/h9-10H,1-3H3/q+1. The minimum atomic E-state index is 0.412. The first-order valence-electron chi connectivity index (χ1n) is 3.04. The van der Waals surface area contributed by atoms with Gasteiger partial charge in [0.15, 0.2) is 11.4 Å². The summed E-state index contributed by atoms with van der Waals surface area (Å²) in [6.07, 6.45) is 0. The fourth-order valence-electron chi connectivity index (χ4n) is 0.882. The fraction of sp³-hybridized carbons (Fsp3) is 0.500. The second kappa shape index (κ2) is 1.90. The number of hydrogen-bond acceptors (Lipinski definition) is 2. The van der Waals surface area contributed by atoms with Crippen molar-refractivity contribution in [3.05, 3.63) is 17.2 Å². The van der Waals surface area contributed by atoms with Crippen LogP contribution in [0.25, 0.3) is 0 Å². The summed E-state index contributed by atoms with van der Waals surface area (Å²) in [6.45, 7) is 5.09. The lowest BCUT2D eigenvalue weighted by Gasteiger charge is -1.83. The van der Waals surface area contributed by atoms with Crippen LogP contribution in [-0.2, 0) is 0 Å². The van der Waals surface area contributed by atoms with E-state index < -0.39 is 0 Å². The van der Waals surface area contributed by atoms with Crippen LogP contribution in [0.3, 0.4) is 0 Å². The van der Waals surface area contributed by atoms with Crippen LogP contribution in [0.15, 0.2) is 0 Å². The average Bonchev–Trinajstić information content (AvgIpc) is 2.07. The Bertz CT molecular complexity index is 185. The van der Waals surface area contributed by atoms with E-state index in [1.807, 2.05) is 0 Å². The Labute approximate surface area is 58.9 Å². The van der Waals surface area contributed by atoms with Crippen LogP contribution >= 0.6 is 0 Å². The third-order valence-electron chi connectivity index (χ3n) is 1.77. The van der Waals surface area contributed by atoms with Crippen molar-refractivity contribution >= 4 is 0 Å². The largest absolute Gasteiger partial charge is 0.350 e. The summed E-state index contributed by atoms with van der Waals surface area (Å²) < 4.78 is 1.91. The van der Waals surface area contributed by atoms with Crippen molar-refractivity contribution in [2.75, 3.05) is 0 Å². The molecule has 0 aliphatic carbocycles. The van der Waals surface area contributed by atoms with Gasteiger partial charge in [-0.3, -0.25) is 0 Å². The highest BCUT2D eigenvalue weighted by Crippen LogP contribution is 2.02. The fourth-order valence-corrected chi connectivity index (χ4v) is 0.882. The first kappa shape index (κ1) is 6.92. The SMILES string of the molecule is Cc1c(C)[n+](O)c(C)n1O. The molecule has 1 rings (SSSR count). The molecular formula is C6H11N2O2+. The molecule has 10 heavy (non-hydrogen) atoms. The van der Waals surface area contributed by atoms with Gasteiger partial charge in [-0.1, -0.05) is 0 Å². The number of nitrogens with zero attached hydrogens (tertiary/aromatic N) is 2. The van der Waals surface area contributed by atoms with Crippen LogP contribution < -0.4 is 4.73 Å². The quantitative estimate of drug-likeness (QED) is 0.402. The zero-order valence-electron chi connectivity index (χ0n) is 6.29. The summed E-state index contributed by atoms with van der Waals surface area (Å²) in [7, 11) is 0. The molecule has 0 saturated heterocycles. The van der Waals surface area contributed by atoms with Gasteiger partial charge in [-0.05, 0) is 9.46 Å². The molecule has 0 radical (unpaired) electrons. The first-order chi connectivity index (χ1) is 4.55. The molecule has 0 bridgehead atoms. The number of hydrogen-bond donors (Lipinski definition) is 2. The van der Waals surface area contributed by atoms with Gasteiger partial charge in [-0.15, -0.1) is 0 Å². The second-order valence-electron chi connectivity index (χ2n) is 2.34. The molecule has 0 aliphatic heterocycles. The van der Waals surface area contributed by atoms with Crippen molar-refractivity contribution in [1.82, 2.24) is 4.73 Å². The van der Waals surface area contributed by atoms with Gasteiger partial charge in [0, 0.05) is 20.8 Å². The molecule has 0 aliphatic rings. The van der Waals surface area contributed by atoms with E-state index in [4.69, 9.17) is 10.4 Å². The van der Waals surface area contributed by atoms with Crippen LogP contribution in [0.1, 0.15) is 17.2 Å². The van der Waals surface area contributed by atoms with Crippen molar-refractivity contribution < 1.29 is 15.1 Å². The molecule has 1 aromatic heterocycles. The maximum atomic E-state index is 9.14. The molecule has 1 heterocycles. The summed E-state index contributed by atoms with van der Waals surface area (Å²) in [5.74, 6) is 0.412. The minimum absolute atomic E-state index is 0.412. The Kier molecular flexibility index (Phi) is 1.31. The Morgan fingerprint density at radius 1 is 1.30 bits per heavy atom. The van der Waals surface area contributed by atoms with Crippen molar-refractivity contribution in [2.45, 2.75) is 20.8 Å². The first-order valence-corrected chi connectivity index (χ1v) is 3.04. The van der Waals surface area contributed by atoms with E-state index in [2.05, 4.69) is 0 Å². The monoisotopic (exact) mass is 143 g/mol. The lowest BCUT2D eigenvalue weighted by atomic mass is 10.4. The van der Waals surface area contributed by atoms with E-state index in [0.717, 1.165) is 9.46 Å². The third-order valence-corrected chi connectivity index (χ3v) is 1.77.